The molecule has 1 aromatic heterocycles. The minimum atomic E-state index is -0.135. The van der Waals surface area contributed by atoms with Gasteiger partial charge >= 0.3 is 0 Å². The van der Waals surface area contributed by atoms with Crippen molar-refractivity contribution in [3.05, 3.63) is 24.5 Å². The maximum absolute atomic E-state index is 9.54. The van der Waals surface area contributed by atoms with Gasteiger partial charge in [-0.25, -0.2) is 9.97 Å². The molecule has 0 saturated heterocycles. The summed E-state index contributed by atoms with van der Waals surface area (Å²) in [7, 11) is 0. The van der Waals surface area contributed by atoms with Crippen LogP contribution in [0.3, 0.4) is 0 Å². The summed E-state index contributed by atoms with van der Waals surface area (Å²) in [6, 6.07) is 5.63. The number of aliphatic hydroxyl groups excluding tert-OH is 1. The molecule has 1 aliphatic carbocycles. The standard InChI is InChI=1S/C14H18N4O/c15-10-2-4-13-12(6-10)14(18-8-17-13)16-7-9-1-3-11(19)5-9/h2,4,6,8-9,11,19H,1,3,5,7,15H2,(H,16,17,18). The largest absolute Gasteiger partial charge is 0.399 e. The van der Waals surface area contributed by atoms with E-state index in [0.29, 0.717) is 11.6 Å². The van der Waals surface area contributed by atoms with E-state index in [2.05, 4.69) is 15.3 Å². The summed E-state index contributed by atoms with van der Waals surface area (Å²) < 4.78 is 0. The topological polar surface area (TPSA) is 84.1 Å². The summed E-state index contributed by atoms with van der Waals surface area (Å²) in [5.74, 6) is 1.33. The lowest BCUT2D eigenvalue weighted by atomic mass is 10.1. The van der Waals surface area contributed by atoms with E-state index < -0.39 is 0 Å². The molecule has 0 radical (unpaired) electrons. The number of nitrogens with one attached hydrogen (secondary N) is 1. The number of hydrogen-bond acceptors (Lipinski definition) is 5. The van der Waals surface area contributed by atoms with Crippen molar-refractivity contribution in [2.75, 3.05) is 17.6 Å². The molecule has 0 amide bonds. The van der Waals surface area contributed by atoms with Crippen LogP contribution in [-0.2, 0) is 0 Å². The molecule has 1 heterocycles. The number of nitrogens with two attached hydrogens (primary N) is 1. The predicted octanol–water partition coefficient (Wildman–Crippen LogP) is 1.78. The van der Waals surface area contributed by atoms with E-state index in [4.69, 9.17) is 5.73 Å². The molecule has 5 nitrogen and oxygen atoms in total. The molecule has 2 atom stereocenters. The van der Waals surface area contributed by atoms with Crippen LogP contribution >= 0.6 is 0 Å². The Labute approximate surface area is 111 Å². The monoisotopic (exact) mass is 258 g/mol. The van der Waals surface area contributed by atoms with E-state index in [1.807, 2.05) is 18.2 Å². The Kier molecular flexibility index (Phi) is 3.21. The van der Waals surface area contributed by atoms with Crippen molar-refractivity contribution < 1.29 is 5.11 Å². The number of benzene rings is 1. The highest BCUT2D eigenvalue weighted by atomic mass is 16.3. The van der Waals surface area contributed by atoms with Gasteiger partial charge in [-0.3, -0.25) is 0 Å². The van der Waals surface area contributed by atoms with Crippen LogP contribution in [-0.4, -0.2) is 27.7 Å². The Morgan fingerprint density at radius 2 is 2.21 bits per heavy atom. The third-order valence-corrected chi connectivity index (χ3v) is 3.73. The van der Waals surface area contributed by atoms with Gasteiger partial charge in [0.25, 0.3) is 0 Å². The molecule has 100 valence electrons. The molecule has 1 fully saturated rings. The van der Waals surface area contributed by atoms with Crippen LogP contribution < -0.4 is 11.1 Å². The fourth-order valence-corrected chi connectivity index (χ4v) is 2.69. The van der Waals surface area contributed by atoms with E-state index in [1.54, 1.807) is 6.33 Å². The normalized spacial score (nSPS) is 22.8. The molecule has 1 saturated carbocycles. The highest BCUT2D eigenvalue weighted by Gasteiger charge is 2.22. The molecule has 4 N–H and O–H groups in total. The zero-order valence-electron chi connectivity index (χ0n) is 10.7. The lowest BCUT2D eigenvalue weighted by Crippen LogP contribution is -2.13. The van der Waals surface area contributed by atoms with Crippen LogP contribution in [0.2, 0.25) is 0 Å². The molecule has 2 aromatic rings. The Hall–Kier alpha value is -1.88. The summed E-state index contributed by atoms with van der Waals surface area (Å²) in [5.41, 5.74) is 7.41. The second-order valence-electron chi connectivity index (χ2n) is 5.21. The third kappa shape index (κ3) is 2.61. The number of hydrogen-bond donors (Lipinski definition) is 3. The number of nitrogen functional groups attached to an aromatic ring is 1. The van der Waals surface area contributed by atoms with Crippen molar-refractivity contribution >= 4 is 22.4 Å². The van der Waals surface area contributed by atoms with E-state index >= 15 is 0 Å². The lowest BCUT2D eigenvalue weighted by Gasteiger charge is -2.13. The van der Waals surface area contributed by atoms with E-state index in [9.17, 15) is 5.11 Å². The van der Waals surface area contributed by atoms with Crippen molar-refractivity contribution in [2.45, 2.75) is 25.4 Å². The number of rotatable bonds is 3. The first-order chi connectivity index (χ1) is 9.22. The fourth-order valence-electron chi connectivity index (χ4n) is 2.69. The maximum Gasteiger partial charge on any atom is 0.137 e. The third-order valence-electron chi connectivity index (χ3n) is 3.73. The molecule has 0 aliphatic heterocycles. The summed E-state index contributed by atoms with van der Waals surface area (Å²) in [5, 5.41) is 13.8. The van der Waals surface area contributed by atoms with Gasteiger partial charge in [0.2, 0.25) is 0 Å². The first-order valence-corrected chi connectivity index (χ1v) is 6.64. The van der Waals surface area contributed by atoms with Gasteiger partial charge in [-0.2, -0.15) is 0 Å². The van der Waals surface area contributed by atoms with Crippen LogP contribution in [0, 0.1) is 5.92 Å². The molecule has 0 spiro atoms. The van der Waals surface area contributed by atoms with E-state index in [1.165, 1.54) is 0 Å². The first-order valence-electron chi connectivity index (χ1n) is 6.64. The van der Waals surface area contributed by atoms with Gasteiger partial charge in [-0.15, -0.1) is 0 Å². The SMILES string of the molecule is Nc1ccc2ncnc(NCC3CCC(O)C3)c2c1. The molecule has 1 aromatic carbocycles. The summed E-state index contributed by atoms with van der Waals surface area (Å²) in [6.45, 7) is 0.831. The van der Waals surface area contributed by atoms with Crippen molar-refractivity contribution in [1.82, 2.24) is 9.97 Å². The number of aliphatic hydroxyl groups is 1. The maximum atomic E-state index is 9.54. The lowest BCUT2D eigenvalue weighted by molar-refractivity contribution is 0.178. The van der Waals surface area contributed by atoms with Gasteiger partial charge in [0, 0.05) is 17.6 Å². The molecule has 1 aliphatic rings. The minimum Gasteiger partial charge on any atom is -0.399 e. The zero-order valence-corrected chi connectivity index (χ0v) is 10.7. The second-order valence-corrected chi connectivity index (χ2v) is 5.21. The van der Waals surface area contributed by atoms with Gasteiger partial charge in [-0.05, 0) is 43.4 Å². The van der Waals surface area contributed by atoms with Gasteiger partial charge in [0.1, 0.15) is 12.1 Å². The van der Waals surface area contributed by atoms with Crippen LogP contribution in [0.15, 0.2) is 24.5 Å². The predicted molar refractivity (Wildman–Crippen MR) is 75.8 cm³/mol. The van der Waals surface area contributed by atoms with Crippen LogP contribution in [0.4, 0.5) is 11.5 Å². The Morgan fingerprint density at radius 3 is 3.00 bits per heavy atom. The summed E-state index contributed by atoms with van der Waals surface area (Å²) >= 11 is 0. The molecular weight excluding hydrogens is 240 g/mol. The second kappa shape index (κ2) is 5.01. The molecule has 3 rings (SSSR count). The number of aromatic nitrogens is 2. The smallest absolute Gasteiger partial charge is 0.137 e. The Balaban J connectivity index is 1.78. The average molecular weight is 258 g/mol. The Bertz CT molecular complexity index is 587. The van der Waals surface area contributed by atoms with Gasteiger partial charge in [-0.1, -0.05) is 0 Å². The average Bonchev–Trinajstić information content (AvgIpc) is 2.82. The summed E-state index contributed by atoms with van der Waals surface area (Å²) in [4.78, 5) is 8.52. The van der Waals surface area contributed by atoms with Crippen molar-refractivity contribution in [3.8, 4) is 0 Å². The minimum absolute atomic E-state index is 0.135. The van der Waals surface area contributed by atoms with Gasteiger partial charge in [0.05, 0.1) is 11.6 Å². The first kappa shape index (κ1) is 12.2. The van der Waals surface area contributed by atoms with Gasteiger partial charge < -0.3 is 16.2 Å². The molecule has 19 heavy (non-hydrogen) atoms. The van der Waals surface area contributed by atoms with Crippen LogP contribution in [0.25, 0.3) is 10.9 Å². The van der Waals surface area contributed by atoms with Crippen molar-refractivity contribution in [1.29, 1.82) is 0 Å². The highest BCUT2D eigenvalue weighted by molar-refractivity contribution is 5.91. The number of fused-ring (bicyclic) bond motifs is 1. The van der Waals surface area contributed by atoms with Crippen LogP contribution in [0.5, 0.6) is 0 Å². The van der Waals surface area contributed by atoms with E-state index in [-0.39, 0.29) is 6.10 Å². The van der Waals surface area contributed by atoms with E-state index in [0.717, 1.165) is 42.5 Å². The molecule has 0 bridgehead atoms. The van der Waals surface area contributed by atoms with Crippen molar-refractivity contribution in [3.63, 3.8) is 0 Å². The summed E-state index contributed by atoms with van der Waals surface area (Å²) in [6.07, 6.45) is 4.27. The zero-order chi connectivity index (χ0) is 13.2. The fraction of sp³-hybridized carbons (Fsp3) is 0.429. The quantitative estimate of drug-likeness (QED) is 0.731. The van der Waals surface area contributed by atoms with Crippen molar-refractivity contribution in [2.24, 2.45) is 5.92 Å². The highest BCUT2D eigenvalue weighted by Crippen LogP contribution is 2.27. The number of anilines is 2. The Morgan fingerprint density at radius 1 is 1.32 bits per heavy atom. The molecular formula is C14H18N4O. The molecule has 2 unspecified atom stereocenters. The molecule has 5 heteroatoms. The number of nitrogens with zero attached hydrogens (tertiary/aromatic N) is 2. The van der Waals surface area contributed by atoms with Crippen LogP contribution in [0.1, 0.15) is 19.3 Å². The van der Waals surface area contributed by atoms with Gasteiger partial charge in [0.15, 0.2) is 0 Å².